The molecule has 0 aliphatic carbocycles. The molecule has 0 saturated carbocycles. The Morgan fingerprint density at radius 1 is 1.26 bits per heavy atom. The van der Waals surface area contributed by atoms with Crippen LogP contribution in [0.25, 0.3) is 0 Å². The first-order chi connectivity index (χ1) is 8.59. The molecule has 0 heterocycles. The molecule has 19 heavy (non-hydrogen) atoms. The number of halogens is 3. The van der Waals surface area contributed by atoms with E-state index in [9.17, 15) is 18.4 Å². The quantitative estimate of drug-likeness (QED) is 0.923. The van der Waals surface area contributed by atoms with Crippen LogP contribution < -0.4 is 0 Å². The summed E-state index contributed by atoms with van der Waals surface area (Å²) >= 11 is 2.90. The van der Waals surface area contributed by atoms with Crippen molar-refractivity contribution in [3.63, 3.8) is 0 Å². The summed E-state index contributed by atoms with van der Waals surface area (Å²) in [6.45, 7) is 2.53. The van der Waals surface area contributed by atoms with E-state index in [-0.39, 0.29) is 4.47 Å². The fourth-order valence-corrected chi connectivity index (χ4v) is 1.71. The highest BCUT2D eigenvalue weighted by atomic mass is 79.9. The Morgan fingerprint density at radius 2 is 1.68 bits per heavy atom. The molecule has 0 aliphatic rings. The number of carboxylic acids is 1. The summed E-state index contributed by atoms with van der Waals surface area (Å²) in [6.07, 6.45) is 0. The summed E-state index contributed by atoms with van der Waals surface area (Å²) in [5, 5.41) is 9.00. The number of hydrogen-bond acceptors (Lipinski definition) is 2. The summed E-state index contributed by atoms with van der Waals surface area (Å²) < 4.78 is 27.4. The Bertz CT molecular complexity index is 523. The summed E-state index contributed by atoms with van der Waals surface area (Å²) in [5.41, 5.74) is -2.36. The molecule has 0 unspecified atom stereocenters. The van der Waals surface area contributed by atoms with Crippen LogP contribution >= 0.6 is 15.9 Å². The van der Waals surface area contributed by atoms with E-state index in [1.165, 1.54) is 20.9 Å². The maximum Gasteiger partial charge on any atom is 0.329 e. The number of likely N-dealkylation sites (N-methyl/N-ethyl adjacent to an activating group) is 1. The first kappa shape index (κ1) is 15.6. The molecular formula is C12H12BrF2NO3. The van der Waals surface area contributed by atoms with Crippen molar-refractivity contribution in [2.75, 3.05) is 7.05 Å². The number of hydrogen-bond donors (Lipinski definition) is 1. The smallest absolute Gasteiger partial charge is 0.329 e. The third-order valence-electron chi connectivity index (χ3n) is 2.89. The lowest BCUT2D eigenvalue weighted by Gasteiger charge is -2.31. The molecule has 0 fully saturated rings. The summed E-state index contributed by atoms with van der Waals surface area (Å²) in [6, 6.07) is 1.88. The van der Waals surface area contributed by atoms with Gasteiger partial charge in [0.1, 0.15) is 22.7 Å². The monoisotopic (exact) mass is 335 g/mol. The van der Waals surface area contributed by atoms with Gasteiger partial charge >= 0.3 is 5.97 Å². The van der Waals surface area contributed by atoms with Crippen LogP contribution in [0.4, 0.5) is 8.78 Å². The average Bonchev–Trinajstić information content (AvgIpc) is 2.25. The molecule has 1 aromatic rings. The van der Waals surface area contributed by atoms with Gasteiger partial charge in [0.25, 0.3) is 5.91 Å². The van der Waals surface area contributed by atoms with E-state index in [1.807, 2.05) is 0 Å². The molecule has 1 N–H and O–H groups in total. The molecule has 1 amide bonds. The number of carbonyl (C=O) groups is 2. The molecule has 0 aromatic heterocycles. The molecule has 0 bridgehead atoms. The first-order valence-corrected chi connectivity index (χ1v) is 6.04. The zero-order valence-corrected chi connectivity index (χ0v) is 12.1. The standard InChI is InChI=1S/C12H12BrF2NO3/c1-12(2,11(18)19)16(3)10(17)9-7(14)4-6(13)5-8(9)15/h4-5H,1-3H3,(H,18,19). The summed E-state index contributed by atoms with van der Waals surface area (Å²) in [7, 11) is 1.18. The minimum absolute atomic E-state index is 0.152. The Hall–Kier alpha value is -1.50. The topological polar surface area (TPSA) is 57.6 Å². The van der Waals surface area contributed by atoms with E-state index < -0.39 is 34.6 Å². The van der Waals surface area contributed by atoms with Crippen LogP contribution in [-0.4, -0.2) is 34.5 Å². The van der Waals surface area contributed by atoms with Gasteiger partial charge in [-0.15, -0.1) is 0 Å². The molecule has 0 saturated heterocycles. The number of carbonyl (C=O) groups excluding carboxylic acids is 1. The van der Waals surface area contributed by atoms with E-state index in [4.69, 9.17) is 5.11 Å². The second kappa shape index (κ2) is 5.24. The SMILES string of the molecule is CN(C(=O)c1c(F)cc(Br)cc1F)C(C)(C)C(=O)O. The molecule has 0 aliphatic heterocycles. The normalized spacial score (nSPS) is 11.3. The highest BCUT2D eigenvalue weighted by Gasteiger charge is 2.37. The van der Waals surface area contributed by atoms with Gasteiger partial charge < -0.3 is 10.0 Å². The van der Waals surface area contributed by atoms with Gasteiger partial charge in [-0.2, -0.15) is 0 Å². The van der Waals surface area contributed by atoms with Crippen LogP contribution in [0.5, 0.6) is 0 Å². The summed E-state index contributed by atoms with van der Waals surface area (Å²) in [5.74, 6) is -4.41. The third kappa shape index (κ3) is 2.91. The van der Waals surface area contributed by atoms with Gasteiger partial charge in [0, 0.05) is 11.5 Å². The lowest BCUT2D eigenvalue weighted by Crippen LogP contribution is -2.51. The van der Waals surface area contributed by atoms with Gasteiger partial charge in [-0.25, -0.2) is 13.6 Å². The van der Waals surface area contributed by atoms with Crippen LogP contribution in [0.2, 0.25) is 0 Å². The van der Waals surface area contributed by atoms with Crippen LogP contribution in [-0.2, 0) is 4.79 Å². The van der Waals surface area contributed by atoms with Crippen LogP contribution in [0.15, 0.2) is 16.6 Å². The van der Waals surface area contributed by atoms with Crippen molar-refractivity contribution in [3.8, 4) is 0 Å². The first-order valence-electron chi connectivity index (χ1n) is 5.25. The zero-order chi connectivity index (χ0) is 15.0. The fraction of sp³-hybridized carbons (Fsp3) is 0.333. The third-order valence-corrected chi connectivity index (χ3v) is 3.35. The predicted molar refractivity (Wildman–Crippen MR) is 67.9 cm³/mol. The molecule has 1 aromatic carbocycles. The number of nitrogens with zero attached hydrogens (tertiary/aromatic N) is 1. The fourth-order valence-electron chi connectivity index (χ4n) is 1.31. The number of amides is 1. The average molecular weight is 336 g/mol. The number of benzene rings is 1. The van der Waals surface area contributed by atoms with Crippen molar-refractivity contribution >= 4 is 27.8 Å². The Labute approximate surface area is 117 Å². The highest BCUT2D eigenvalue weighted by Crippen LogP contribution is 2.23. The van der Waals surface area contributed by atoms with Gasteiger partial charge in [0.2, 0.25) is 0 Å². The van der Waals surface area contributed by atoms with Crippen LogP contribution in [0.3, 0.4) is 0 Å². The predicted octanol–water partition coefficient (Wildman–Crippen LogP) is 2.66. The minimum Gasteiger partial charge on any atom is -0.480 e. The van der Waals surface area contributed by atoms with E-state index in [1.54, 1.807) is 0 Å². The van der Waals surface area contributed by atoms with Crippen LogP contribution in [0.1, 0.15) is 24.2 Å². The van der Waals surface area contributed by atoms with Gasteiger partial charge in [0.15, 0.2) is 0 Å². The summed E-state index contributed by atoms with van der Waals surface area (Å²) in [4.78, 5) is 23.8. The van der Waals surface area contributed by atoms with Gasteiger partial charge in [-0.3, -0.25) is 4.79 Å². The van der Waals surface area contributed by atoms with E-state index in [0.29, 0.717) is 0 Å². The van der Waals surface area contributed by atoms with Gasteiger partial charge in [-0.1, -0.05) is 15.9 Å². The molecule has 0 atom stereocenters. The van der Waals surface area contributed by atoms with Crippen molar-refractivity contribution in [1.29, 1.82) is 0 Å². The van der Waals surface area contributed by atoms with Crippen molar-refractivity contribution in [2.45, 2.75) is 19.4 Å². The Kier molecular flexibility index (Phi) is 4.29. The van der Waals surface area contributed by atoms with Crippen LogP contribution in [0, 0.1) is 11.6 Å². The molecule has 0 radical (unpaired) electrons. The molecular weight excluding hydrogens is 324 g/mol. The Balaban J connectivity index is 3.26. The molecule has 7 heteroatoms. The van der Waals surface area contributed by atoms with Crippen molar-refractivity contribution < 1.29 is 23.5 Å². The Morgan fingerprint density at radius 3 is 2.05 bits per heavy atom. The molecule has 0 spiro atoms. The van der Waals surface area contributed by atoms with Gasteiger partial charge in [0.05, 0.1) is 0 Å². The number of aliphatic carboxylic acids is 1. The second-order valence-electron chi connectivity index (χ2n) is 4.47. The maximum absolute atomic E-state index is 13.6. The maximum atomic E-state index is 13.6. The van der Waals surface area contributed by atoms with E-state index >= 15 is 0 Å². The largest absolute Gasteiger partial charge is 0.480 e. The number of rotatable bonds is 3. The lowest BCUT2D eigenvalue weighted by molar-refractivity contribution is -0.147. The van der Waals surface area contributed by atoms with Crippen molar-refractivity contribution in [1.82, 2.24) is 4.90 Å². The van der Waals surface area contributed by atoms with E-state index in [0.717, 1.165) is 17.0 Å². The minimum atomic E-state index is -1.58. The molecule has 1 rings (SSSR count). The van der Waals surface area contributed by atoms with Gasteiger partial charge in [-0.05, 0) is 26.0 Å². The highest BCUT2D eigenvalue weighted by molar-refractivity contribution is 9.10. The molecule has 4 nitrogen and oxygen atoms in total. The lowest BCUT2D eigenvalue weighted by atomic mass is 10.0. The number of carboxylic acid groups (broad SMARTS) is 1. The van der Waals surface area contributed by atoms with E-state index in [2.05, 4.69) is 15.9 Å². The van der Waals surface area contributed by atoms with Crippen molar-refractivity contribution in [2.24, 2.45) is 0 Å². The molecule has 104 valence electrons. The second-order valence-corrected chi connectivity index (χ2v) is 5.39. The van der Waals surface area contributed by atoms with Crippen molar-refractivity contribution in [3.05, 3.63) is 33.8 Å². The zero-order valence-electron chi connectivity index (χ0n) is 10.5.